The highest BCUT2D eigenvalue weighted by atomic mass is 32.2. The van der Waals surface area contributed by atoms with Gasteiger partial charge in [0.2, 0.25) is 11.8 Å². The minimum Gasteiger partial charge on any atom is -0.416 e. The number of aryl methyl sites for hydroxylation is 1. The zero-order chi connectivity index (χ0) is 22.0. The number of sulfone groups is 1. The molecule has 0 aliphatic heterocycles. The predicted octanol–water partition coefficient (Wildman–Crippen LogP) is 4.37. The molecule has 4 aromatic rings. The minimum absolute atomic E-state index is 0.140. The molecular formula is C23H19N3O4S. The minimum atomic E-state index is -3.36. The lowest BCUT2D eigenvalue weighted by atomic mass is 10.1. The van der Waals surface area contributed by atoms with Crippen LogP contribution < -0.4 is 5.32 Å². The molecule has 31 heavy (non-hydrogen) atoms. The van der Waals surface area contributed by atoms with Gasteiger partial charge >= 0.3 is 0 Å². The summed E-state index contributed by atoms with van der Waals surface area (Å²) < 4.78 is 29.1. The number of nitrogens with one attached hydrogen (secondary N) is 1. The molecule has 8 heteroatoms. The molecule has 4 rings (SSSR count). The van der Waals surface area contributed by atoms with Crippen LogP contribution in [0.1, 0.15) is 15.9 Å². The molecular weight excluding hydrogens is 414 g/mol. The molecule has 0 bridgehead atoms. The van der Waals surface area contributed by atoms with Gasteiger partial charge in [0.05, 0.1) is 4.90 Å². The first kappa shape index (κ1) is 20.5. The van der Waals surface area contributed by atoms with E-state index in [1.807, 2.05) is 31.2 Å². The normalized spacial score (nSPS) is 11.3. The van der Waals surface area contributed by atoms with Crippen molar-refractivity contribution in [2.75, 3.05) is 11.6 Å². The van der Waals surface area contributed by atoms with E-state index >= 15 is 0 Å². The van der Waals surface area contributed by atoms with Gasteiger partial charge in [-0.05, 0) is 61.5 Å². The van der Waals surface area contributed by atoms with Crippen molar-refractivity contribution < 1.29 is 17.6 Å². The van der Waals surface area contributed by atoms with Crippen LogP contribution in [0, 0.1) is 6.92 Å². The summed E-state index contributed by atoms with van der Waals surface area (Å²) in [5, 5.41) is 10.9. The van der Waals surface area contributed by atoms with Crippen LogP contribution in [0.25, 0.3) is 22.9 Å². The molecule has 7 nitrogen and oxygen atoms in total. The summed E-state index contributed by atoms with van der Waals surface area (Å²) in [6.45, 7) is 2.00. The Kier molecular flexibility index (Phi) is 5.39. The molecule has 1 N–H and O–H groups in total. The van der Waals surface area contributed by atoms with E-state index in [1.165, 1.54) is 12.1 Å². The molecule has 0 saturated heterocycles. The van der Waals surface area contributed by atoms with E-state index in [0.717, 1.165) is 17.4 Å². The molecule has 1 heterocycles. The Balaban J connectivity index is 1.50. The summed E-state index contributed by atoms with van der Waals surface area (Å²) >= 11 is 0. The fourth-order valence-electron chi connectivity index (χ4n) is 2.92. The zero-order valence-electron chi connectivity index (χ0n) is 16.9. The number of rotatable bonds is 5. The van der Waals surface area contributed by atoms with Crippen molar-refractivity contribution in [1.82, 2.24) is 10.2 Å². The van der Waals surface area contributed by atoms with Gasteiger partial charge in [-0.2, -0.15) is 0 Å². The third kappa shape index (κ3) is 4.70. The first-order chi connectivity index (χ1) is 14.8. The smallest absolute Gasteiger partial charge is 0.255 e. The third-order valence-corrected chi connectivity index (χ3v) is 5.75. The molecule has 1 amide bonds. The molecule has 0 unspecified atom stereocenters. The summed E-state index contributed by atoms with van der Waals surface area (Å²) in [5.74, 6) is 0.411. The number of nitrogens with zero attached hydrogens (tertiary/aromatic N) is 2. The first-order valence-electron chi connectivity index (χ1n) is 9.42. The molecule has 0 aliphatic carbocycles. The van der Waals surface area contributed by atoms with Gasteiger partial charge in [-0.25, -0.2) is 8.42 Å². The van der Waals surface area contributed by atoms with Crippen LogP contribution in [0.2, 0.25) is 0 Å². The number of amides is 1. The highest BCUT2D eigenvalue weighted by Crippen LogP contribution is 2.24. The monoisotopic (exact) mass is 433 g/mol. The van der Waals surface area contributed by atoms with Crippen molar-refractivity contribution in [2.24, 2.45) is 0 Å². The second kappa shape index (κ2) is 8.16. The summed E-state index contributed by atoms with van der Waals surface area (Å²) in [4.78, 5) is 12.7. The second-order valence-corrected chi connectivity index (χ2v) is 9.13. The van der Waals surface area contributed by atoms with Crippen LogP contribution in [0.5, 0.6) is 0 Å². The lowest BCUT2D eigenvalue weighted by molar-refractivity contribution is 0.102. The Labute approximate surface area is 179 Å². The molecule has 0 spiro atoms. The van der Waals surface area contributed by atoms with Gasteiger partial charge in [-0.1, -0.05) is 23.8 Å². The lowest BCUT2D eigenvalue weighted by Crippen LogP contribution is -2.12. The largest absolute Gasteiger partial charge is 0.416 e. The van der Waals surface area contributed by atoms with Crippen LogP contribution in [-0.2, 0) is 9.84 Å². The molecule has 0 aliphatic rings. The maximum Gasteiger partial charge on any atom is 0.255 e. The quantitative estimate of drug-likeness (QED) is 0.501. The van der Waals surface area contributed by atoms with Crippen molar-refractivity contribution >= 4 is 21.4 Å². The Hall–Kier alpha value is -3.78. The predicted molar refractivity (Wildman–Crippen MR) is 117 cm³/mol. The van der Waals surface area contributed by atoms with Crippen LogP contribution >= 0.6 is 0 Å². The maximum atomic E-state index is 12.5. The number of aromatic nitrogens is 2. The average molecular weight is 433 g/mol. The number of hydrogen-bond acceptors (Lipinski definition) is 6. The standard InChI is InChI=1S/C23H19N3O4S/c1-15-6-8-17(9-7-15)22-25-26-23(30-22)18-12-10-16(11-13-18)21(27)24-19-4-3-5-20(14-19)31(2,28)29/h3-14H,1-2H3,(H,24,27). The molecule has 0 radical (unpaired) electrons. The van der Waals surface area contributed by atoms with Crippen molar-refractivity contribution in [1.29, 1.82) is 0 Å². The highest BCUT2D eigenvalue weighted by Gasteiger charge is 2.13. The van der Waals surface area contributed by atoms with Crippen LogP contribution in [0.4, 0.5) is 5.69 Å². The van der Waals surface area contributed by atoms with E-state index in [-0.39, 0.29) is 10.8 Å². The fraction of sp³-hybridized carbons (Fsp3) is 0.0870. The summed E-state index contributed by atoms with van der Waals surface area (Å²) in [7, 11) is -3.36. The maximum absolute atomic E-state index is 12.5. The van der Waals surface area contributed by atoms with Crippen molar-refractivity contribution in [3.8, 4) is 22.9 Å². The number of hydrogen-bond donors (Lipinski definition) is 1. The van der Waals surface area contributed by atoms with Crippen molar-refractivity contribution in [3.05, 3.63) is 83.9 Å². The van der Waals surface area contributed by atoms with Crippen molar-refractivity contribution in [2.45, 2.75) is 11.8 Å². The van der Waals surface area contributed by atoms with Crippen molar-refractivity contribution in [3.63, 3.8) is 0 Å². The van der Waals surface area contributed by atoms with Gasteiger partial charge in [0.1, 0.15) is 0 Å². The number of carbonyl (C=O) groups excluding carboxylic acids is 1. The van der Waals surface area contributed by atoms with Gasteiger partial charge in [0, 0.05) is 28.6 Å². The van der Waals surface area contributed by atoms with Gasteiger partial charge in [-0.3, -0.25) is 4.79 Å². The van der Waals surface area contributed by atoms with Gasteiger partial charge in [0.25, 0.3) is 5.91 Å². The fourth-order valence-corrected chi connectivity index (χ4v) is 3.59. The molecule has 3 aromatic carbocycles. The summed E-state index contributed by atoms with van der Waals surface area (Å²) in [6.07, 6.45) is 1.12. The van der Waals surface area contributed by atoms with E-state index in [0.29, 0.717) is 28.6 Å². The van der Waals surface area contributed by atoms with E-state index in [2.05, 4.69) is 15.5 Å². The summed E-state index contributed by atoms with van der Waals surface area (Å²) in [6, 6.07) is 20.6. The lowest BCUT2D eigenvalue weighted by Gasteiger charge is -2.07. The molecule has 0 atom stereocenters. The van der Waals surface area contributed by atoms with Crippen LogP contribution in [-0.4, -0.2) is 30.8 Å². The van der Waals surface area contributed by atoms with E-state index < -0.39 is 9.84 Å². The van der Waals surface area contributed by atoms with Crippen LogP contribution in [0.15, 0.2) is 82.1 Å². The third-order valence-electron chi connectivity index (χ3n) is 4.64. The molecule has 156 valence electrons. The molecule has 1 aromatic heterocycles. The Morgan fingerprint density at radius 3 is 2.03 bits per heavy atom. The average Bonchev–Trinajstić information content (AvgIpc) is 3.24. The Morgan fingerprint density at radius 1 is 0.871 bits per heavy atom. The number of carbonyl (C=O) groups is 1. The number of anilines is 1. The Morgan fingerprint density at radius 2 is 1.45 bits per heavy atom. The zero-order valence-corrected chi connectivity index (χ0v) is 17.7. The molecule has 0 saturated carbocycles. The highest BCUT2D eigenvalue weighted by molar-refractivity contribution is 7.90. The second-order valence-electron chi connectivity index (χ2n) is 7.11. The number of benzene rings is 3. The molecule has 0 fully saturated rings. The van der Waals surface area contributed by atoms with E-state index in [4.69, 9.17) is 4.42 Å². The topological polar surface area (TPSA) is 102 Å². The summed E-state index contributed by atoms with van der Waals surface area (Å²) in [5.41, 5.74) is 3.46. The SMILES string of the molecule is Cc1ccc(-c2nnc(-c3ccc(C(=O)Nc4cccc(S(C)(=O)=O)c4)cc3)o2)cc1. The van der Waals surface area contributed by atoms with E-state index in [1.54, 1.807) is 36.4 Å². The van der Waals surface area contributed by atoms with E-state index in [9.17, 15) is 13.2 Å². The van der Waals surface area contributed by atoms with Gasteiger partial charge < -0.3 is 9.73 Å². The first-order valence-corrected chi connectivity index (χ1v) is 11.3. The van der Waals surface area contributed by atoms with Crippen LogP contribution in [0.3, 0.4) is 0 Å². The van der Waals surface area contributed by atoms with Gasteiger partial charge in [-0.15, -0.1) is 10.2 Å². The van der Waals surface area contributed by atoms with Gasteiger partial charge in [0.15, 0.2) is 9.84 Å². The Bertz CT molecular complexity index is 1340.